The summed E-state index contributed by atoms with van der Waals surface area (Å²) in [7, 11) is 0. The second-order valence-corrected chi connectivity index (χ2v) is 6.72. The Balaban J connectivity index is 0.00000300. The normalized spacial score (nSPS) is 10.5. The maximum atomic E-state index is 11.2. The second-order valence-electron chi connectivity index (χ2n) is 6.72. The number of pyridine rings is 1. The van der Waals surface area contributed by atoms with Crippen LogP contribution in [0.25, 0.3) is 10.9 Å². The smallest absolute Gasteiger partial charge is 0.233 e. The number of amides is 1. The van der Waals surface area contributed by atoms with Crippen molar-refractivity contribution in [3.8, 4) is 17.4 Å². The van der Waals surface area contributed by atoms with Crippen molar-refractivity contribution in [2.45, 2.75) is 26.4 Å². The van der Waals surface area contributed by atoms with E-state index < -0.39 is 0 Å². The molecule has 3 rings (SSSR count). The Labute approximate surface area is 176 Å². The van der Waals surface area contributed by atoms with Gasteiger partial charge in [0.25, 0.3) is 0 Å². The minimum absolute atomic E-state index is 0. The maximum Gasteiger partial charge on any atom is 0.233 e. The second kappa shape index (κ2) is 10.6. The lowest BCUT2D eigenvalue weighted by molar-refractivity contribution is -0.119. The summed E-state index contributed by atoms with van der Waals surface area (Å²) in [6, 6.07) is 17.4. The molecule has 0 aliphatic heterocycles. The molecule has 0 spiro atoms. The van der Waals surface area contributed by atoms with E-state index in [1.54, 1.807) is 0 Å². The summed E-state index contributed by atoms with van der Waals surface area (Å²) >= 11 is 0. The Morgan fingerprint density at radius 1 is 1.07 bits per heavy atom. The highest BCUT2D eigenvalue weighted by Crippen LogP contribution is 2.25. The topological polar surface area (TPSA) is 86.5 Å². The van der Waals surface area contributed by atoms with Gasteiger partial charge in [-0.15, -0.1) is 12.4 Å². The molecule has 29 heavy (non-hydrogen) atoms. The number of aromatic nitrogens is 1. The molecule has 1 heterocycles. The summed E-state index contributed by atoms with van der Waals surface area (Å²) in [5.41, 5.74) is 7.26. The number of ether oxygens (including phenoxy) is 2. The van der Waals surface area contributed by atoms with Crippen LogP contribution in [0.2, 0.25) is 0 Å². The van der Waals surface area contributed by atoms with E-state index in [0.29, 0.717) is 18.2 Å². The first-order chi connectivity index (χ1) is 13.5. The number of benzene rings is 2. The van der Waals surface area contributed by atoms with Crippen molar-refractivity contribution in [2.24, 2.45) is 5.73 Å². The molecule has 0 bridgehead atoms. The van der Waals surface area contributed by atoms with Crippen LogP contribution in [0.3, 0.4) is 0 Å². The van der Waals surface area contributed by atoms with Crippen LogP contribution in [0.4, 0.5) is 0 Å². The molecule has 1 aromatic heterocycles. The molecule has 3 aromatic rings. The van der Waals surface area contributed by atoms with Gasteiger partial charge in [-0.25, -0.2) is 4.98 Å². The third kappa shape index (κ3) is 6.62. The fourth-order valence-corrected chi connectivity index (χ4v) is 2.77. The molecule has 0 atom stereocenters. The number of nitrogens with one attached hydrogen (secondary N) is 1. The lowest BCUT2D eigenvalue weighted by Gasteiger charge is -2.11. The van der Waals surface area contributed by atoms with Gasteiger partial charge in [-0.3, -0.25) is 4.79 Å². The van der Waals surface area contributed by atoms with Gasteiger partial charge in [-0.2, -0.15) is 0 Å². The van der Waals surface area contributed by atoms with Gasteiger partial charge in [0, 0.05) is 18.0 Å². The summed E-state index contributed by atoms with van der Waals surface area (Å²) in [4.78, 5) is 15.8. The summed E-state index contributed by atoms with van der Waals surface area (Å²) < 4.78 is 11.5. The maximum absolute atomic E-state index is 11.2. The Morgan fingerprint density at radius 3 is 2.48 bits per heavy atom. The lowest BCUT2D eigenvalue weighted by atomic mass is 10.1. The molecule has 0 radical (unpaired) electrons. The fraction of sp³-hybridized carbons (Fsp3) is 0.273. The molecule has 154 valence electrons. The van der Waals surface area contributed by atoms with Crippen LogP contribution < -0.4 is 20.5 Å². The molecular weight excluding hydrogens is 390 g/mol. The van der Waals surface area contributed by atoms with E-state index in [0.717, 1.165) is 28.6 Å². The molecule has 3 N–H and O–H groups in total. The number of halogens is 1. The Kier molecular flexibility index (Phi) is 8.24. The molecule has 0 aliphatic rings. The molecule has 0 saturated heterocycles. The largest absolute Gasteiger partial charge is 0.491 e. The molecule has 0 fully saturated rings. The fourth-order valence-electron chi connectivity index (χ4n) is 2.77. The van der Waals surface area contributed by atoms with Gasteiger partial charge in [-0.05, 0) is 68.3 Å². The van der Waals surface area contributed by atoms with Gasteiger partial charge >= 0.3 is 0 Å². The highest BCUT2D eigenvalue weighted by molar-refractivity contribution is 5.85. The molecule has 2 aromatic carbocycles. The van der Waals surface area contributed by atoms with Crippen molar-refractivity contribution >= 4 is 29.2 Å². The quantitative estimate of drug-likeness (QED) is 0.583. The average Bonchev–Trinajstić information content (AvgIpc) is 2.69. The van der Waals surface area contributed by atoms with Crippen molar-refractivity contribution in [3.05, 3.63) is 60.2 Å². The molecule has 7 heteroatoms. The molecule has 0 aliphatic carbocycles. The van der Waals surface area contributed by atoms with Crippen LogP contribution >= 0.6 is 12.4 Å². The molecule has 0 saturated carbocycles. The number of fused-ring (bicyclic) bond motifs is 1. The molecular formula is C22H26ClN3O3. The summed E-state index contributed by atoms with van der Waals surface area (Å²) in [5, 5.41) is 3.79. The summed E-state index contributed by atoms with van der Waals surface area (Å²) in [6.07, 6.45) is 0.876. The van der Waals surface area contributed by atoms with E-state index in [9.17, 15) is 4.79 Å². The van der Waals surface area contributed by atoms with Crippen molar-refractivity contribution in [2.75, 3.05) is 13.1 Å². The summed E-state index contributed by atoms with van der Waals surface area (Å²) in [6.45, 7) is 4.56. The monoisotopic (exact) mass is 415 g/mol. The number of rotatable bonds is 8. The zero-order chi connectivity index (χ0) is 19.9. The van der Waals surface area contributed by atoms with Crippen molar-refractivity contribution < 1.29 is 14.3 Å². The average molecular weight is 416 g/mol. The Hall–Kier alpha value is -2.83. The van der Waals surface area contributed by atoms with Crippen molar-refractivity contribution in [3.63, 3.8) is 0 Å². The van der Waals surface area contributed by atoms with Gasteiger partial charge in [0.15, 0.2) is 0 Å². The predicted molar refractivity (Wildman–Crippen MR) is 117 cm³/mol. The predicted octanol–water partition coefficient (Wildman–Crippen LogP) is 3.85. The highest BCUT2D eigenvalue weighted by Gasteiger charge is 2.04. The number of carbonyl (C=O) groups excluding carboxylic acids is 1. The number of nitrogens with zero attached hydrogens (tertiary/aromatic N) is 1. The zero-order valence-corrected chi connectivity index (χ0v) is 17.4. The van der Waals surface area contributed by atoms with Crippen LogP contribution in [-0.2, 0) is 11.2 Å². The SMILES string of the molecule is CC(C)Oc1ccc(Oc2ccc3cc(CCNC(=O)CN)ccc3n2)cc1.Cl. The third-order valence-electron chi connectivity index (χ3n) is 4.07. The van der Waals surface area contributed by atoms with Gasteiger partial charge in [0.2, 0.25) is 11.8 Å². The van der Waals surface area contributed by atoms with Gasteiger partial charge < -0.3 is 20.5 Å². The van der Waals surface area contributed by atoms with Crippen LogP contribution in [0, 0.1) is 0 Å². The Morgan fingerprint density at radius 2 is 1.79 bits per heavy atom. The van der Waals surface area contributed by atoms with Gasteiger partial charge in [0.1, 0.15) is 11.5 Å². The standard InChI is InChI=1S/C22H25N3O3.ClH/c1-15(2)27-18-5-7-19(8-6-18)28-22-10-4-17-13-16(3-9-20(17)25-22)11-12-24-21(26)14-23;/h3-10,13,15H,11-12,14,23H2,1-2H3,(H,24,26);1H. The van der Waals surface area contributed by atoms with Gasteiger partial charge in [0.05, 0.1) is 18.2 Å². The van der Waals surface area contributed by atoms with Crippen molar-refractivity contribution in [1.29, 1.82) is 0 Å². The molecule has 0 unspecified atom stereocenters. The lowest BCUT2D eigenvalue weighted by Crippen LogP contribution is -2.31. The van der Waals surface area contributed by atoms with Gasteiger partial charge in [-0.1, -0.05) is 6.07 Å². The Bertz CT molecular complexity index is 946. The van der Waals surface area contributed by atoms with Crippen LogP contribution in [0.1, 0.15) is 19.4 Å². The number of hydrogen-bond acceptors (Lipinski definition) is 5. The first kappa shape index (κ1) is 22.5. The number of hydrogen-bond donors (Lipinski definition) is 2. The van der Waals surface area contributed by atoms with Crippen molar-refractivity contribution in [1.82, 2.24) is 10.3 Å². The number of nitrogens with two attached hydrogens (primary N) is 1. The minimum Gasteiger partial charge on any atom is -0.491 e. The highest BCUT2D eigenvalue weighted by atomic mass is 35.5. The first-order valence-corrected chi connectivity index (χ1v) is 9.34. The van der Waals surface area contributed by atoms with Crippen LogP contribution in [0.15, 0.2) is 54.6 Å². The molecule has 6 nitrogen and oxygen atoms in total. The zero-order valence-electron chi connectivity index (χ0n) is 16.6. The minimum atomic E-state index is -0.145. The third-order valence-corrected chi connectivity index (χ3v) is 4.07. The van der Waals surface area contributed by atoms with E-state index in [4.69, 9.17) is 15.2 Å². The summed E-state index contributed by atoms with van der Waals surface area (Å²) in [5.74, 6) is 1.90. The van der Waals surface area contributed by atoms with E-state index in [1.807, 2.05) is 62.4 Å². The van der Waals surface area contributed by atoms with Crippen LogP contribution in [0.5, 0.6) is 17.4 Å². The van der Waals surface area contributed by atoms with Crippen LogP contribution in [-0.4, -0.2) is 30.1 Å². The first-order valence-electron chi connectivity index (χ1n) is 9.34. The number of carbonyl (C=O) groups is 1. The molecule has 1 amide bonds. The van der Waals surface area contributed by atoms with E-state index in [2.05, 4.69) is 16.4 Å². The van der Waals surface area contributed by atoms with E-state index in [1.165, 1.54) is 0 Å². The van der Waals surface area contributed by atoms with E-state index in [-0.39, 0.29) is 31.0 Å². The van der Waals surface area contributed by atoms with E-state index >= 15 is 0 Å².